The minimum absolute atomic E-state index is 0.0619. The highest BCUT2D eigenvalue weighted by Crippen LogP contribution is 2.32. The fraction of sp³-hybridized carbons (Fsp3) is 0.708. The van der Waals surface area contributed by atoms with Gasteiger partial charge in [0.15, 0.2) is 0 Å². The number of hydrogen-bond acceptors (Lipinski definition) is 5. The summed E-state index contributed by atoms with van der Waals surface area (Å²) in [5.74, 6) is 0.603. The van der Waals surface area contributed by atoms with E-state index in [1.165, 1.54) is 12.1 Å². The number of anilines is 1. The van der Waals surface area contributed by atoms with E-state index in [2.05, 4.69) is 10.2 Å². The van der Waals surface area contributed by atoms with E-state index in [1.54, 1.807) is 13.2 Å². The van der Waals surface area contributed by atoms with Gasteiger partial charge in [0.25, 0.3) is 0 Å². The Kier molecular flexibility index (Phi) is 9.82. The molecule has 186 valence electrons. The van der Waals surface area contributed by atoms with Crippen molar-refractivity contribution < 1.29 is 27.4 Å². The Morgan fingerprint density at radius 2 is 1.82 bits per heavy atom. The maximum absolute atomic E-state index is 13.0. The quantitative estimate of drug-likeness (QED) is 0.529. The zero-order valence-electron chi connectivity index (χ0n) is 19.4. The minimum atomic E-state index is -4.31. The molecule has 3 rings (SSSR count). The Balaban J connectivity index is 1.31. The fourth-order valence-corrected chi connectivity index (χ4v) is 4.65. The Morgan fingerprint density at radius 3 is 2.48 bits per heavy atom. The van der Waals surface area contributed by atoms with Crippen molar-refractivity contribution in [1.82, 2.24) is 10.2 Å². The third-order valence-corrected chi connectivity index (χ3v) is 6.64. The lowest BCUT2D eigenvalue weighted by atomic mass is 9.84. The molecule has 1 aromatic carbocycles. The van der Waals surface area contributed by atoms with Gasteiger partial charge in [-0.3, -0.25) is 9.69 Å². The molecule has 0 aromatic heterocycles. The molecule has 0 atom stereocenters. The molecule has 1 amide bonds. The van der Waals surface area contributed by atoms with Gasteiger partial charge < -0.3 is 19.7 Å². The molecule has 0 spiro atoms. The van der Waals surface area contributed by atoms with Crippen LogP contribution in [-0.4, -0.2) is 76.5 Å². The number of halogens is 3. The van der Waals surface area contributed by atoms with Crippen molar-refractivity contribution in [2.24, 2.45) is 5.92 Å². The zero-order chi connectivity index (χ0) is 23.7. The van der Waals surface area contributed by atoms with Gasteiger partial charge in [-0.05, 0) is 62.8 Å². The number of alkyl halides is 3. The monoisotopic (exact) mass is 471 g/mol. The Labute approximate surface area is 194 Å². The van der Waals surface area contributed by atoms with Crippen LogP contribution >= 0.6 is 0 Å². The van der Waals surface area contributed by atoms with Crippen LogP contribution in [0.2, 0.25) is 0 Å². The third-order valence-electron chi connectivity index (χ3n) is 6.64. The number of rotatable bonds is 10. The van der Waals surface area contributed by atoms with E-state index < -0.39 is 11.7 Å². The molecule has 0 bridgehead atoms. The first-order chi connectivity index (χ1) is 15.8. The summed E-state index contributed by atoms with van der Waals surface area (Å²) in [6, 6.07) is 5.84. The van der Waals surface area contributed by atoms with Crippen molar-refractivity contribution in [1.29, 1.82) is 0 Å². The van der Waals surface area contributed by atoms with Crippen LogP contribution in [0.5, 0.6) is 0 Å². The number of carbonyl (C=O) groups excluding carboxylic acids is 1. The predicted octanol–water partition coefficient (Wildman–Crippen LogP) is 3.56. The summed E-state index contributed by atoms with van der Waals surface area (Å²) in [4.78, 5) is 16.4. The van der Waals surface area contributed by atoms with Crippen LogP contribution in [0.15, 0.2) is 24.3 Å². The van der Waals surface area contributed by atoms with Crippen LogP contribution in [0, 0.1) is 5.92 Å². The van der Waals surface area contributed by atoms with Gasteiger partial charge in [0.05, 0.1) is 18.8 Å². The number of piperazine rings is 1. The number of ether oxygens (including phenoxy) is 2. The lowest BCUT2D eigenvalue weighted by molar-refractivity contribution is -0.137. The summed E-state index contributed by atoms with van der Waals surface area (Å²) in [6.07, 6.45) is 1.04. The zero-order valence-corrected chi connectivity index (χ0v) is 19.4. The molecule has 0 radical (unpaired) electrons. The van der Waals surface area contributed by atoms with Crippen molar-refractivity contribution in [2.45, 2.75) is 44.3 Å². The number of hydrogen-bond donors (Lipinski definition) is 1. The van der Waals surface area contributed by atoms with Crippen LogP contribution in [0.1, 0.15) is 37.7 Å². The maximum Gasteiger partial charge on any atom is 0.416 e. The smallest absolute Gasteiger partial charge is 0.382 e. The van der Waals surface area contributed by atoms with Gasteiger partial charge in [-0.15, -0.1) is 0 Å². The topological polar surface area (TPSA) is 54.0 Å². The molecule has 9 heteroatoms. The molecule has 1 saturated carbocycles. The van der Waals surface area contributed by atoms with E-state index >= 15 is 0 Å². The van der Waals surface area contributed by atoms with Gasteiger partial charge in [0.2, 0.25) is 5.91 Å². The molecule has 33 heavy (non-hydrogen) atoms. The summed E-state index contributed by atoms with van der Waals surface area (Å²) in [5, 5.41) is 3.06. The molecule has 6 nitrogen and oxygen atoms in total. The Morgan fingerprint density at radius 1 is 1.09 bits per heavy atom. The standard InChI is InChI=1S/C24H36F3N3O3/c1-32-15-16-33-18-23(31)28-21-7-5-19(6-8-21)9-10-29-11-13-30(14-12-29)22-4-2-3-20(17-22)24(25,26)27/h2-4,17,19,21H,5-16,18H2,1H3,(H,28,31)/t19-,21-. The number of amides is 1. The number of nitrogens with one attached hydrogen (secondary N) is 1. The summed E-state index contributed by atoms with van der Waals surface area (Å²) in [6.45, 7) is 5.22. The van der Waals surface area contributed by atoms with E-state index in [0.717, 1.165) is 70.9 Å². The molecule has 1 aliphatic heterocycles. The SMILES string of the molecule is COCCOCC(=O)N[C@H]1CC[C@H](CCN2CCN(c3cccc(C(F)(F)F)c3)CC2)CC1. The van der Waals surface area contributed by atoms with Crippen LogP contribution in [0.3, 0.4) is 0 Å². The van der Waals surface area contributed by atoms with Crippen LogP contribution in [-0.2, 0) is 20.4 Å². The second kappa shape index (κ2) is 12.6. The van der Waals surface area contributed by atoms with Gasteiger partial charge in [-0.1, -0.05) is 6.07 Å². The van der Waals surface area contributed by atoms with E-state index in [-0.39, 0.29) is 18.6 Å². The Hall–Kier alpha value is -1.84. The number of benzene rings is 1. The molecule has 1 saturated heterocycles. The van der Waals surface area contributed by atoms with E-state index in [4.69, 9.17) is 9.47 Å². The lowest BCUT2D eigenvalue weighted by Crippen LogP contribution is -2.47. The van der Waals surface area contributed by atoms with Gasteiger partial charge in [0.1, 0.15) is 6.61 Å². The van der Waals surface area contributed by atoms with Gasteiger partial charge in [-0.2, -0.15) is 13.2 Å². The first kappa shape index (κ1) is 25.8. The van der Waals surface area contributed by atoms with Crippen molar-refractivity contribution in [3.63, 3.8) is 0 Å². The van der Waals surface area contributed by atoms with E-state index in [0.29, 0.717) is 24.8 Å². The predicted molar refractivity (Wildman–Crippen MR) is 121 cm³/mol. The first-order valence-corrected chi connectivity index (χ1v) is 11.9. The number of methoxy groups -OCH3 is 1. The summed E-state index contributed by atoms with van der Waals surface area (Å²) in [7, 11) is 1.60. The largest absolute Gasteiger partial charge is 0.416 e. The molecule has 1 aromatic rings. The van der Waals surface area contributed by atoms with Gasteiger partial charge in [-0.25, -0.2) is 0 Å². The van der Waals surface area contributed by atoms with Crippen molar-refractivity contribution in [3.8, 4) is 0 Å². The molecular weight excluding hydrogens is 435 g/mol. The lowest BCUT2D eigenvalue weighted by Gasteiger charge is -2.37. The molecule has 2 fully saturated rings. The highest BCUT2D eigenvalue weighted by atomic mass is 19.4. The molecule has 2 aliphatic rings. The Bertz CT molecular complexity index is 731. The van der Waals surface area contributed by atoms with Gasteiger partial charge >= 0.3 is 6.18 Å². The van der Waals surface area contributed by atoms with Gasteiger partial charge in [0, 0.05) is 45.0 Å². The molecule has 1 heterocycles. The fourth-order valence-electron chi connectivity index (χ4n) is 4.65. The molecule has 1 N–H and O–H groups in total. The maximum atomic E-state index is 13.0. The average Bonchev–Trinajstić information content (AvgIpc) is 2.81. The van der Waals surface area contributed by atoms with Crippen LogP contribution in [0.25, 0.3) is 0 Å². The van der Waals surface area contributed by atoms with Crippen LogP contribution in [0.4, 0.5) is 18.9 Å². The highest BCUT2D eigenvalue weighted by Gasteiger charge is 2.31. The number of nitrogens with zero attached hydrogens (tertiary/aromatic N) is 2. The molecule has 1 aliphatic carbocycles. The first-order valence-electron chi connectivity index (χ1n) is 11.9. The summed E-state index contributed by atoms with van der Waals surface area (Å²) in [5.41, 5.74) is 0.0572. The van der Waals surface area contributed by atoms with Crippen molar-refractivity contribution in [2.75, 3.05) is 64.6 Å². The summed E-state index contributed by atoms with van der Waals surface area (Å²) < 4.78 is 49.1. The normalized spacial score (nSPS) is 22.4. The average molecular weight is 472 g/mol. The summed E-state index contributed by atoms with van der Waals surface area (Å²) >= 11 is 0. The minimum Gasteiger partial charge on any atom is -0.382 e. The van der Waals surface area contributed by atoms with E-state index in [1.807, 2.05) is 4.90 Å². The third kappa shape index (κ3) is 8.46. The second-order valence-electron chi connectivity index (χ2n) is 9.00. The van der Waals surface area contributed by atoms with Crippen LogP contribution < -0.4 is 10.2 Å². The van der Waals surface area contributed by atoms with E-state index in [9.17, 15) is 18.0 Å². The molecular formula is C24H36F3N3O3. The molecule has 0 unspecified atom stereocenters. The second-order valence-corrected chi connectivity index (χ2v) is 9.00. The highest BCUT2D eigenvalue weighted by molar-refractivity contribution is 5.77. The van der Waals surface area contributed by atoms with Crippen molar-refractivity contribution >= 4 is 11.6 Å². The van der Waals surface area contributed by atoms with Crippen molar-refractivity contribution in [3.05, 3.63) is 29.8 Å². The number of carbonyl (C=O) groups is 1.